The number of hydrogen-bond acceptors (Lipinski definition) is 1. The molecule has 2 aromatic carbocycles. The Morgan fingerprint density at radius 3 is 1.87 bits per heavy atom. The van der Waals surface area contributed by atoms with Gasteiger partial charge in [0.25, 0.3) is 0 Å². The van der Waals surface area contributed by atoms with E-state index in [1.165, 1.54) is 16.7 Å². The van der Waals surface area contributed by atoms with Gasteiger partial charge in [-0.05, 0) is 45.6 Å². The lowest BCUT2D eigenvalue weighted by Gasteiger charge is -2.26. The second-order valence-corrected chi connectivity index (χ2v) is 8.75. The van der Waals surface area contributed by atoms with Crippen molar-refractivity contribution >= 4 is 5.78 Å². The zero-order valence-corrected chi connectivity index (χ0v) is 15.1. The Balaban J connectivity index is 2.09. The minimum atomic E-state index is 0.0612. The molecule has 0 N–H and O–H groups in total. The highest BCUT2D eigenvalue weighted by Gasteiger charge is 2.26. The molecule has 0 aromatic heterocycles. The van der Waals surface area contributed by atoms with Gasteiger partial charge in [0.2, 0.25) is 0 Å². The molecular weight excluding hydrogens is 280 g/mol. The first-order valence-electron chi connectivity index (χ1n) is 8.39. The molecule has 1 nitrogen and oxygen atoms in total. The van der Waals surface area contributed by atoms with E-state index in [4.69, 9.17) is 0 Å². The first-order valence-corrected chi connectivity index (χ1v) is 8.39. The summed E-state index contributed by atoms with van der Waals surface area (Å²) in [5.41, 5.74) is 6.75. The van der Waals surface area contributed by atoms with Gasteiger partial charge in [-0.25, -0.2) is 0 Å². The molecule has 0 saturated heterocycles. The van der Waals surface area contributed by atoms with E-state index in [-0.39, 0.29) is 16.6 Å². The third-order valence-electron chi connectivity index (χ3n) is 4.82. The van der Waals surface area contributed by atoms with Crippen LogP contribution in [-0.2, 0) is 17.3 Å². The molecule has 0 amide bonds. The van der Waals surface area contributed by atoms with Gasteiger partial charge in [-0.2, -0.15) is 0 Å². The topological polar surface area (TPSA) is 17.1 Å². The van der Waals surface area contributed by atoms with E-state index < -0.39 is 0 Å². The van der Waals surface area contributed by atoms with Crippen molar-refractivity contribution < 1.29 is 4.79 Å². The predicted octanol–water partition coefficient (Wildman–Crippen LogP) is 5.42. The summed E-state index contributed by atoms with van der Waals surface area (Å²) in [5, 5.41) is 0. The molecule has 23 heavy (non-hydrogen) atoms. The molecule has 1 heteroatoms. The molecule has 0 aliphatic heterocycles. The van der Waals surface area contributed by atoms with Crippen LogP contribution in [0.3, 0.4) is 0 Å². The van der Waals surface area contributed by atoms with Crippen LogP contribution >= 0.6 is 0 Å². The standard InChI is InChI=1S/C22H26O/c1-21(2,3)16-9-10-18-15(12-16)11-14-7-8-17(22(4,5)6)13-19(14)20(18)23/h7-10,12-13H,11H2,1-6H3. The van der Waals surface area contributed by atoms with Crippen LogP contribution in [0.1, 0.15) is 79.7 Å². The summed E-state index contributed by atoms with van der Waals surface area (Å²) in [6.07, 6.45) is 0.852. The Hall–Kier alpha value is -1.89. The average Bonchev–Trinajstić information content (AvgIpc) is 2.44. The lowest BCUT2D eigenvalue weighted by Crippen LogP contribution is -2.20. The summed E-state index contributed by atoms with van der Waals surface area (Å²) in [6, 6.07) is 12.7. The maximum absolute atomic E-state index is 12.9. The summed E-state index contributed by atoms with van der Waals surface area (Å²) in [7, 11) is 0. The Morgan fingerprint density at radius 1 is 0.696 bits per heavy atom. The van der Waals surface area contributed by atoms with E-state index in [9.17, 15) is 4.79 Å². The van der Waals surface area contributed by atoms with Gasteiger partial charge in [-0.3, -0.25) is 4.79 Å². The van der Waals surface area contributed by atoms with Crippen LogP contribution in [0, 0.1) is 0 Å². The molecule has 0 fully saturated rings. The minimum Gasteiger partial charge on any atom is -0.289 e. The maximum Gasteiger partial charge on any atom is 0.193 e. The first kappa shape index (κ1) is 16.0. The van der Waals surface area contributed by atoms with E-state index in [1.54, 1.807) is 0 Å². The SMILES string of the molecule is CC(C)(C)c1ccc2c(c1)Cc1ccc(C(C)(C)C)cc1C2=O. The fourth-order valence-corrected chi connectivity index (χ4v) is 3.19. The highest BCUT2D eigenvalue weighted by Crippen LogP contribution is 2.33. The van der Waals surface area contributed by atoms with Gasteiger partial charge < -0.3 is 0 Å². The van der Waals surface area contributed by atoms with Gasteiger partial charge in [0.15, 0.2) is 5.78 Å². The van der Waals surface area contributed by atoms with Crippen molar-refractivity contribution in [2.24, 2.45) is 0 Å². The molecule has 0 radical (unpaired) electrons. The van der Waals surface area contributed by atoms with Crippen LogP contribution in [0.15, 0.2) is 36.4 Å². The molecule has 120 valence electrons. The Labute approximate surface area is 139 Å². The van der Waals surface area contributed by atoms with E-state index in [0.29, 0.717) is 0 Å². The predicted molar refractivity (Wildman–Crippen MR) is 96.5 cm³/mol. The first-order chi connectivity index (χ1) is 10.6. The maximum atomic E-state index is 12.9. The molecule has 1 aliphatic rings. The minimum absolute atomic E-state index is 0.0612. The quantitative estimate of drug-likeness (QED) is 0.542. The molecule has 0 spiro atoms. The van der Waals surface area contributed by atoms with Gasteiger partial charge in [-0.15, -0.1) is 0 Å². The molecule has 0 bridgehead atoms. The molecule has 0 unspecified atom stereocenters. The molecule has 0 atom stereocenters. The molecule has 0 heterocycles. The van der Waals surface area contributed by atoms with Gasteiger partial charge in [0.05, 0.1) is 0 Å². The van der Waals surface area contributed by atoms with E-state index in [0.717, 1.165) is 23.1 Å². The van der Waals surface area contributed by atoms with Crippen molar-refractivity contribution in [2.75, 3.05) is 0 Å². The van der Waals surface area contributed by atoms with Crippen LogP contribution in [0.4, 0.5) is 0 Å². The van der Waals surface area contributed by atoms with Crippen molar-refractivity contribution in [1.29, 1.82) is 0 Å². The second kappa shape index (κ2) is 5.06. The smallest absolute Gasteiger partial charge is 0.193 e. The van der Waals surface area contributed by atoms with Gasteiger partial charge in [-0.1, -0.05) is 71.9 Å². The van der Waals surface area contributed by atoms with Gasteiger partial charge in [0.1, 0.15) is 0 Å². The summed E-state index contributed by atoms with van der Waals surface area (Å²) in [5.74, 6) is 0.174. The number of carbonyl (C=O) groups excluding carboxylic acids is 1. The molecule has 1 aliphatic carbocycles. The van der Waals surface area contributed by atoms with Crippen LogP contribution < -0.4 is 0 Å². The zero-order chi connectivity index (χ0) is 17.0. The number of ketones is 1. The van der Waals surface area contributed by atoms with Crippen LogP contribution in [0.5, 0.6) is 0 Å². The van der Waals surface area contributed by atoms with Crippen molar-refractivity contribution in [1.82, 2.24) is 0 Å². The molecule has 2 aromatic rings. The van der Waals surface area contributed by atoms with Crippen molar-refractivity contribution in [3.05, 3.63) is 69.8 Å². The highest BCUT2D eigenvalue weighted by molar-refractivity contribution is 6.12. The fraction of sp³-hybridized carbons (Fsp3) is 0.409. The van der Waals surface area contributed by atoms with Crippen molar-refractivity contribution in [2.45, 2.75) is 58.8 Å². The number of fused-ring (bicyclic) bond motifs is 2. The number of hydrogen-bond donors (Lipinski definition) is 0. The summed E-state index contributed by atoms with van der Waals surface area (Å²) < 4.78 is 0. The number of rotatable bonds is 0. The Morgan fingerprint density at radius 2 is 1.26 bits per heavy atom. The fourth-order valence-electron chi connectivity index (χ4n) is 3.19. The van der Waals surface area contributed by atoms with Crippen molar-refractivity contribution in [3.63, 3.8) is 0 Å². The number of carbonyl (C=O) groups is 1. The average molecular weight is 306 g/mol. The normalized spacial score (nSPS) is 14.4. The summed E-state index contributed by atoms with van der Waals surface area (Å²) in [6.45, 7) is 13.2. The van der Waals surface area contributed by atoms with Crippen molar-refractivity contribution in [3.8, 4) is 0 Å². The third-order valence-corrected chi connectivity index (χ3v) is 4.82. The van der Waals surface area contributed by atoms with Crippen LogP contribution in [0.2, 0.25) is 0 Å². The summed E-state index contributed by atoms with van der Waals surface area (Å²) >= 11 is 0. The Bertz CT molecular complexity index is 783. The third kappa shape index (κ3) is 2.85. The van der Waals surface area contributed by atoms with Gasteiger partial charge >= 0.3 is 0 Å². The molecular formula is C22H26O. The lowest BCUT2D eigenvalue weighted by molar-refractivity contribution is 0.103. The largest absolute Gasteiger partial charge is 0.289 e. The van der Waals surface area contributed by atoms with Crippen LogP contribution in [0.25, 0.3) is 0 Å². The zero-order valence-electron chi connectivity index (χ0n) is 15.1. The Kier molecular flexibility index (Phi) is 3.51. The van der Waals surface area contributed by atoms with E-state index in [2.05, 4.69) is 71.9 Å². The van der Waals surface area contributed by atoms with Crippen LogP contribution in [-0.4, -0.2) is 5.78 Å². The number of benzene rings is 2. The van der Waals surface area contributed by atoms with Gasteiger partial charge in [0, 0.05) is 11.1 Å². The lowest BCUT2D eigenvalue weighted by atomic mass is 9.78. The second-order valence-electron chi connectivity index (χ2n) is 8.75. The highest BCUT2D eigenvalue weighted by atomic mass is 16.1. The molecule has 3 rings (SSSR count). The van der Waals surface area contributed by atoms with E-state index >= 15 is 0 Å². The summed E-state index contributed by atoms with van der Waals surface area (Å²) in [4.78, 5) is 12.9. The molecule has 0 saturated carbocycles. The van der Waals surface area contributed by atoms with E-state index in [1.807, 2.05) is 6.07 Å². The monoisotopic (exact) mass is 306 g/mol.